The molecule has 1 aromatic heterocycles. The van der Waals surface area contributed by atoms with Gasteiger partial charge in [-0.2, -0.15) is 0 Å². The first-order chi connectivity index (χ1) is 7.45. The molecule has 16 heavy (non-hydrogen) atoms. The van der Waals surface area contributed by atoms with E-state index < -0.39 is 18.1 Å². The zero-order chi connectivity index (χ0) is 12.3. The number of carbonyl (C=O) groups excluding carboxylic acids is 1. The zero-order valence-electron chi connectivity index (χ0n) is 8.34. The quantitative estimate of drug-likeness (QED) is 0.658. The van der Waals surface area contributed by atoms with Crippen molar-refractivity contribution in [3.63, 3.8) is 0 Å². The Balaban J connectivity index is 3.05. The van der Waals surface area contributed by atoms with Crippen LogP contribution in [0.2, 0.25) is 5.15 Å². The fraction of sp³-hybridized carbons (Fsp3) is 0.333. The zero-order valence-corrected chi connectivity index (χ0v) is 9.09. The minimum absolute atomic E-state index is 0.157. The van der Waals surface area contributed by atoms with Crippen molar-refractivity contribution in [1.82, 2.24) is 4.98 Å². The van der Waals surface area contributed by atoms with Crippen LogP contribution in [0.15, 0.2) is 6.07 Å². The number of alkyl halides is 2. The standard InChI is InChI=1S/C9H9ClF2N2O2/c1-16-6(15)3-4-2-5(13)7(9(11)12)14-8(4)10/h2,9H,3,13H2,1H3. The van der Waals surface area contributed by atoms with E-state index in [-0.39, 0.29) is 22.8 Å². The molecule has 1 rings (SSSR count). The Labute approximate surface area is 95.4 Å². The number of rotatable bonds is 3. The molecule has 0 aromatic carbocycles. The molecular formula is C9H9ClF2N2O2. The highest BCUT2D eigenvalue weighted by atomic mass is 35.5. The Kier molecular flexibility index (Phi) is 4.00. The number of anilines is 1. The number of halogens is 3. The summed E-state index contributed by atoms with van der Waals surface area (Å²) in [5.74, 6) is -0.548. The predicted molar refractivity (Wildman–Crippen MR) is 54.3 cm³/mol. The monoisotopic (exact) mass is 250 g/mol. The second-order valence-corrected chi connectivity index (χ2v) is 3.32. The second-order valence-electron chi connectivity index (χ2n) is 2.97. The van der Waals surface area contributed by atoms with E-state index in [2.05, 4.69) is 9.72 Å². The van der Waals surface area contributed by atoms with Crippen LogP contribution in [0.4, 0.5) is 14.5 Å². The van der Waals surface area contributed by atoms with Gasteiger partial charge in [0.2, 0.25) is 0 Å². The molecule has 0 bridgehead atoms. The Morgan fingerprint density at radius 2 is 2.31 bits per heavy atom. The van der Waals surface area contributed by atoms with E-state index in [0.717, 1.165) is 0 Å². The summed E-state index contributed by atoms with van der Waals surface area (Å²) in [6, 6.07) is 1.20. The van der Waals surface area contributed by atoms with Crippen LogP contribution in [-0.4, -0.2) is 18.1 Å². The molecule has 0 radical (unpaired) electrons. The third kappa shape index (κ3) is 2.79. The van der Waals surface area contributed by atoms with Crippen LogP contribution in [0.3, 0.4) is 0 Å². The van der Waals surface area contributed by atoms with Crippen LogP contribution < -0.4 is 5.73 Å². The van der Waals surface area contributed by atoms with Gasteiger partial charge in [-0.15, -0.1) is 0 Å². The predicted octanol–water partition coefficient (Wildman–Crippen LogP) is 1.97. The van der Waals surface area contributed by atoms with Gasteiger partial charge in [0.15, 0.2) is 0 Å². The number of methoxy groups -OCH3 is 1. The number of hydrogen-bond acceptors (Lipinski definition) is 4. The van der Waals surface area contributed by atoms with Crippen LogP contribution in [0.5, 0.6) is 0 Å². The summed E-state index contributed by atoms with van der Waals surface area (Å²) < 4.78 is 29.2. The Hall–Kier alpha value is -1.43. The molecule has 0 unspecified atom stereocenters. The number of nitrogen functional groups attached to an aromatic ring is 1. The summed E-state index contributed by atoms with van der Waals surface area (Å²) in [6.45, 7) is 0. The minimum Gasteiger partial charge on any atom is -0.469 e. The average molecular weight is 251 g/mol. The molecule has 4 nitrogen and oxygen atoms in total. The Morgan fingerprint density at radius 3 is 2.81 bits per heavy atom. The maximum absolute atomic E-state index is 12.4. The van der Waals surface area contributed by atoms with Gasteiger partial charge in [-0.3, -0.25) is 4.79 Å². The molecule has 0 amide bonds. The van der Waals surface area contributed by atoms with E-state index >= 15 is 0 Å². The number of nitrogens with zero attached hydrogens (tertiary/aromatic N) is 1. The fourth-order valence-corrected chi connectivity index (χ4v) is 1.30. The van der Waals surface area contributed by atoms with Gasteiger partial charge in [0, 0.05) is 5.56 Å². The summed E-state index contributed by atoms with van der Waals surface area (Å²) in [7, 11) is 1.21. The summed E-state index contributed by atoms with van der Waals surface area (Å²) in [5.41, 5.74) is 4.83. The van der Waals surface area contributed by atoms with Crippen molar-refractivity contribution in [2.24, 2.45) is 0 Å². The van der Waals surface area contributed by atoms with Crippen molar-refractivity contribution < 1.29 is 18.3 Å². The van der Waals surface area contributed by atoms with Crippen LogP contribution in [0, 0.1) is 0 Å². The average Bonchev–Trinajstić information content (AvgIpc) is 2.22. The minimum atomic E-state index is -2.80. The van der Waals surface area contributed by atoms with Gasteiger partial charge in [-0.25, -0.2) is 13.8 Å². The van der Waals surface area contributed by atoms with Crippen molar-refractivity contribution in [1.29, 1.82) is 0 Å². The van der Waals surface area contributed by atoms with E-state index in [4.69, 9.17) is 17.3 Å². The smallest absolute Gasteiger partial charge is 0.310 e. The first-order valence-corrected chi connectivity index (χ1v) is 4.63. The first-order valence-electron chi connectivity index (χ1n) is 4.25. The third-order valence-corrected chi connectivity index (χ3v) is 2.21. The van der Waals surface area contributed by atoms with Crippen LogP contribution in [-0.2, 0) is 16.0 Å². The van der Waals surface area contributed by atoms with Gasteiger partial charge in [0.25, 0.3) is 6.43 Å². The molecular weight excluding hydrogens is 242 g/mol. The largest absolute Gasteiger partial charge is 0.469 e. The number of nitrogens with two attached hydrogens (primary N) is 1. The molecule has 0 atom stereocenters. The molecule has 0 saturated carbocycles. The third-order valence-electron chi connectivity index (χ3n) is 1.88. The lowest BCUT2D eigenvalue weighted by Crippen LogP contribution is -2.08. The summed E-state index contributed by atoms with van der Waals surface area (Å²) in [6.07, 6.45) is -2.96. The lowest BCUT2D eigenvalue weighted by atomic mass is 10.1. The molecule has 0 aliphatic heterocycles. The molecule has 7 heteroatoms. The molecule has 0 aliphatic rings. The Bertz CT molecular complexity index is 413. The topological polar surface area (TPSA) is 65.2 Å². The molecule has 0 spiro atoms. The maximum atomic E-state index is 12.4. The van der Waals surface area contributed by atoms with E-state index in [1.807, 2.05) is 0 Å². The van der Waals surface area contributed by atoms with Crippen molar-refractivity contribution in [2.45, 2.75) is 12.8 Å². The second kappa shape index (κ2) is 5.07. The van der Waals surface area contributed by atoms with Gasteiger partial charge < -0.3 is 10.5 Å². The summed E-state index contributed by atoms with van der Waals surface area (Å²) in [5, 5.41) is -0.171. The molecule has 88 valence electrons. The van der Waals surface area contributed by atoms with E-state index in [9.17, 15) is 13.6 Å². The van der Waals surface area contributed by atoms with Gasteiger partial charge >= 0.3 is 5.97 Å². The van der Waals surface area contributed by atoms with E-state index in [1.54, 1.807) is 0 Å². The SMILES string of the molecule is COC(=O)Cc1cc(N)c(C(F)F)nc1Cl. The Morgan fingerprint density at radius 1 is 1.69 bits per heavy atom. The normalized spacial score (nSPS) is 10.6. The highest BCUT2D eigenvalue weighted by Crippen LogP contribution is 2.27. The molecule has 0 aliphatic carbocycles. The van der Waals surface area contributed by atoms with Crippen molar-refractivity contribution in [3.05, 3.63) is 22.5 Å². The van der Waals surface area contributed by atoms with Crippen LogP contribution in [0.1, 0.15) is 17.7 Å². The number of esters is 1. The number of hydrogen-bond donors (Lipinski definition) is 1. The molecule has 1 aromatic rings. The number of aromatic nitrogens is 1. The summed E-state index contributed by atoms with van der Waals surface area (Å²) in [4.78, 5) is 14.4. The van der Waals surface area contributed by atoms with Crippen molar-refractivity contribution in [2.75, 3.05) is 12.8 Å². The van der Waals surface area contributed by atoms with Crippen LogP contribution >= 0.6 is 11.6 Å². The van der Waals surface area contributed by atoms with Crippen molar-refractivity contribution >= 4 is 23.3 Å². The number of ether oxygens (including phenoxy) is 1. The highest BCUT2D eigenvalue weighted by Gasteiger charge is 2.17. The number of carbonyl (C=O) groups is 1. The number of pyridine rings is 1. The molecule has 2 N–H and O–H groups in total. The van der Waals surface area contributed by atoms with E-state index in [0.29, 0.717) is 0 Å². The lowest BCUT2D eigenvalue weighted by molar-refractivity contribution is -0.139. The molecule has 0 fully saturated rings. The lowest BCUT2D eigenvalue weighted by Gasteiger charge is -2.08. The summed E-state index contributed by atoms with van der Waals surface area (Å²) >= 11 is 5.64. The van der Waals surface area contributed by atoms with Crippen molar-refractivity contribution in [3.8, 4) is 0 Å². The van der Waals surface area contributed by atoms with Gasteiger partial charge in [0.05, 0.1) is 19.2 Å². The molecule has 0 saturated heterocycles. The highest BCUT2D eigenvalue weighted by molar-refractivity contribution is 6.30. The van der Waals surface area contributed by atoms with E-state index in [1.165, 1.54) is 13.2 Å². The van der Waals surface area contributed by atoms with Gasteiger partial charge in [0.1, 0.15) is 10.8 Å². The van der Waals surface area contributed by atoms with Gasteiger partial charge in [-0.05, 0) is 6.07 Å². The fourth-order valence-electron chi connectivity index (χ4n) is 1.09. The maximum Gasteiger partial charge on any atom is 0.310 e. The van der Waals surface area contributed by atoms with Gasteiger partial charge in [-0.1, -0.05) is 11.6 Å². The molecule has 1 heterocycles. The first kappa shape index (κ1) is 12.6. The van der Waals surface area contributed by atoms with Crippen LogP contribution in [0.25, 0.3) is 0 Å².